The highest BCUT2D eigenvalue weighted by Gasteiger charge is 2.20. The molecule has 0 radical (unpaired) electrons. The Labute approximate surface area is 144 Å². The van der Waals surface area contributed by atoms with E-state index in [0.717, 1.165) is 4.68 Å². The molecule has 0 fully saturated rings. The van der Waals surface area contributed by atoms with E-state index in [2.05, 4.69) is 10.4 Å². The molecule has 132 valence electrons. The normalized spacial score (nSPS) is 11.5. The third kappa shape index (κ3) is 4.66. The van der Waals surface area contributed by atoms with E-state index in [0.29, 0.717) is 11.3 Å². The first-order chi connectivity index (χ1) is 11.9. The summed E-state index contributed by atoms with van der Waals surface area (Å²) < 4.78 is 10.9. The van der Waals surface area contributed by atoms with Crippen LogP contribution in [0.5, 0.6) is 5.75 Å². The summed E-state index contributed by atoms with van der Waals surface area (Å²) in [4.78, 5) is 35.5. The second-order valence-electron chi connectivity index (χ2n) is 5.26. The van der Waals surface area contributed by atoms with Crippen LogP contribution in [-0.4, -0.2) is 35.9 Å². The highest BCUT2D eigenvalue weighted by Crippen LogP contribution is 2.21. The Bertz CT molecular complexity index is 814. The van der Waals surface area contributed by atoms with Gasteiger partial charge in [-0.2, -0.15) is 5.10 Å². The summed E-state index contributed by atoms with van der Waals surface area (Å²) in [7, 11) is 4.28. The van der Waals surface area contributed by atoms with Gasteiger partial charge in [-0.1, -0.05) is 12.1 Å². The van der Waals surface area contributed by atoms with Crippen LogP contribution in [0.4, 0.5) is 0 Å². The van der Waals surface area contributed by atoms with Gasteiger partial charge in [-0.05, 0) is 23.8 Å². The molecule has 0 aliphatic rings. The number of rotatable bonds is 6. The molecule has 1 unspecified atom stereocenters. The van der Waals surface area contributed by atoms with Gasteiger partial charge in [0.15, 0.2) is 0 Å². The molecule has 0 aliphatic heterocycles. The topological polar surface area (TPSA) is 99.5 Å². The maximum atomic E-state index is 12.4. The number of methoxy groups -OCH3 is 2. The molecule has 8 nitrogen and oxygen atoms in total. The van der Waals surface area contributed by atoms with Crippen LogP contribution in [-0.2, 0) is 16.6 Å². The lowest BCUT2D eigenvalue weighted by atomic mass is 10.0. The average Bonchev–Trinajstić information content (AvgIpc) is 2.63. The van der Waals surface area contributed by atoms with E-state index < -0.39 is 17.9 Å². The van der Waals surface area contributed by atoms with Crippen LogP contribution >= 0.6 is 0 Å². The first-order valence-corrected chi connectivity index (χ1v) is 7.50. The molecule has 8 heteroatoms. The predicted octanol–water partition coefficient (Wildman–Crippen LogP) is 0.823. The van der Waals surface area contributed by atoms with Crippen molar-refractivity contribution >= 4 is 11.9 Å². The molecule has 0 bridgehead atoms. The van der Waals surface area contributed by atoms with E-state index in [1.165, 1.54) is 26.3 Å². The van der Waals surface area contributed by atoms with Gasteiger partial charge in [0.2, 0.25) is 0 Å². The minimum Gasteiger partial charge on any atom is -0.497 e. The molecule has 2 aromatic rings. The highest BCUT2D eigenvalue weighted by atomic mass is 16.5. The number of aryl methyl sites for hydroxylation is 1. The smallest absolute Gasteiger partial charge is 0.307 e. The monoisotopic (exact) mass is 345 g/mol. The molecular formula is C17H19N3O5. The van der Waals surface area contributed by atoms with Crippen molar-refractivity contribution in [2.75, 3.05) is 14.2 Å². The fraction of sp³-hybridized carbons (Fsp3) is 0.294. The molecule has 1 amide bonds. The molecule has 0 aliphatic carbocycles. The van der Waals surface area contributed by atoms with Gasteiger partial charge in [-0.15, -0.1) is 0 Å². The number of ether oxygens (including phenoxy) is 2. The van der Waals surface area contributed by atoms with Crippen molar-refractivity contribution < 1.29 is 19.1 Å². The summed E-state index contributed by atoms with van der Waals surface area (Å²) in [6.07, 6.45) is -0.0413. The van der Waals surface area contributed by atoms with Gasteiger partial charge in [0, 0.05) is 13.1 Å². The van der Waals surface area contributed by atoms with Crippen LogP contribution in [0.3, 0.4) is 0 Å². The van der Waals surface area contributed by atoms with E-state index in [1.54, 1.807) is 31.4 Å². The number of hydrogen-bond donors (Lipinski definition) is 1. The van der Waals surface area contributed by atoms with Crippen LogP contribution in [0.2, 0.25) is 0 Å². The lowest BCUT2D eigenvalue weighted by Gasteiger charge is -2.18. The number of carbonyl (C=O) groups is 2. The largest absolute Gasteiger partial charge is 0.497 e. The number of carbonyl (C=O) groups excluding carboxylic acids is 2. The first kappa shape index (κ1) is 18.2. The summed E-state index contributed by atoms with van der Waals surface area (Å²) in [5.74, 6) is -0.304. The molecule has 1 N–H and O–H groups in total. The molecule has 2 rings (SSSR count). The Morgan fingerprint density at radius 3 is 2.40 bits per heavy atom. The SMILES string of the molecule is COC(=O)CC(NC(=O)c1ccc(=O)n(C)n1)c1ccc(OC)cc1. The third-order valence-corrected chi connectivity index (χ3v) is 3.62. The van der Waals surface area contributed by atoms with Gasteiger partial charge in [0.1, 0.15) is 11.4 Å². The predicted molar refractivity (Wildman–Crippen MR) is 89.3 cm³/mol. The fourth-order valence-corrected chi connectivity index (χ4v) is 2.19. The summed E-state index contributed by atoms with van der Waals surface area (Å²) >= 11 is 0. The van der Waals surface area contributed by atoms with Crippen molar-refractivity contribution in [2.45, 2.75) is 12.5 Å². The summed E-state index contributed by atoms with van der Waals surface area (Å²) in [5, 5.41) is 6.64. The Kier molecular flexibility index (Phi) is 5.89. The summed E-state index contributed by atoms with van der Waals surface area (Å²) in [6.45, 7) is 0. The lowest BCUT2D eigenvalue weighted by Crippen LogP contribution is -2.32. The van der Waals surface area contributed by atoms with Gasteiger partial charge in [-0.25, -0.2) is 4.68 Å². The van der Waals surface area contributed by atoms with E-state index in [-0.39, 0.29) is 17.7 Å². The van der Waals surface area contributed by atoms with Crippen LogP contribution in [0.1, 0.15) is 28.5 Å². The lowest BCUT2D eigenvalue weighted by molar-refractivity contribution is -0.141. The molecule has 1 heterocycles. The second-order valence-corrected chi connectivity index (χ2v) is 5.26. The maximum Gasteiger partial charge on any atom is 0.307 e. The van der Waals surface area contributed by atoms with E-state index in [4.69, 9.17) is 9.47 Å². The van der Waals surface area contributed by atoms with Crippen molar-refractivity contribution in [3.8, 4) is 5.75 Å². The number of benzene rings is 1. The van der Waals surface area contributed by atoms with Gasteiger partial charge >= 0.3 is 5.97 Å². The van der Waals surface area contributed by atoms with Crippen LogP contribution in [0, 0.1) is 0 Å². The Morgan fingerprint density at radius 2 is 1.84 bits per heavy atom. The van der Waals surface area contributed by atoms with Crippen LogP contribution in [0.25, 0.3) is 0 Å². The zero-order valence-electron chi connectivity index (χ0n) is 14.2. The van der Waals surface area contributed by atoms with Crippen molar-refractivity contribution in [1.82, 2.24) is 15.1 Å². The number of hydrogen-bond acceptors (Lipinski definition) is 6. The number of nitrogens with zero attached hydrogens (tertiary/aromatic N) is 2. The number of esters is 1. The molecule has 1 aromatic carbocycles. The molecule has 0 saturated carbocycles. The number of nitrogens with one attached hydrogen (secondary N) is 1. The Balaban J connectivity index is 2.24. The van der Waals surface area contributed by atoms with Gasteiger partial charge in [-0.3, -0.25) is 14.4 Å². The second kappa shape index (κ2) is 8.09. The molecular weight excluding hydrogens is 326 g/mol. The minimum atomic E-state index is -0.607. The first-order valence-electron chi connectivity index (χ1n) is 7.50. The quantitative estimate of drug-likeness (QED) is 0.778. The standard InChI is InChI=1S/C17H19N3O5/c1-20-15(21)9-8-13(19-20)17(23)18-14(10-16(22)25-3)11-4-6-12(24-2)7-5-11/h4-9,14H,10H2,1-3H3,(H,18,23). The van der Waals surface area contributed by atoms with E-state index >= 15 is 0 Å². The Morgan fingerprint density at radius 1 is 1.16 bits per heavy atom. The van der Waals surface area contributed by atoms with Crippen LogP contribution in [0.15, 0.2) is 41.2 Å². The average molecular weight is 345 g/mol. The van der Waals surface area contributed by atoms with Crippen LogP contribution < -0.4 is 15.6 Å². The molecule has 1 atom stereocenters. The van der Waals surface area contributed by atoms with Crippen molar-refractivity contribution in [1.29, 1.82) is 0 Å². The highest BCUT2D eigenvalue weighted by molar-refractivity contribution is 5.92. The zero-order chi connectivity index (χ0) is 18.4. The number of amides is 1. The maximum absolute atomic E-state index is 12.4. The molecule has 25 heavy (non-hydrogen) atoms. The Hall–Kier alpha value is -3.16. The van der Waals surface area contributed by atoms with E-state index in [1.807, 2.05) is 0 Å². The van der Waals surface area contributed by atoms with Crippen molar-refractivity contribution in [2.24, 2.45) is 7.05 Å². The molecule has 1 aromatic heterocycles. The fourth-order valence-electron chi connectivity index (χ4n) is 2.19. The van der Waals surface area contributed by atoms with Gasteiger partial charge < -0.3 is 14.8 Å². The third-order valence-electron chi connectivity index (χ3n) is 3.62. The summed E-state index contributed by atoms with van der Waals surface area (Å²) in [5.41, 5.74) is 0.465. The van der Waals surface area contributed by atoms with Crippen molar-refractivity contribution in [3.63, 3.8) is 0 Å². The number of aromatic nitrogens is 2. The summed E-state index contributed by atoms with van der Waals surface area (Å²) in [6, 6.07) is 8.95. The van der Waals surface area contributed by atoms with Gasteiger partial charge in [0.05, 0.1) is 26.7 Å². The van der Waals surface area contributed by atoms with E-state index in [9.17, 15) is 14.4 Å². The minimum absolute atomic E-state index is 0.0413. The molecule has 0 saturated heterocycles. The van der Waals surface area contributed by atoms with Gasteiger partial charge in [0.25, 0.3) is 11.5 Å². The zero-order valence-corrected chi connectivity index (χ0v) is 14.2. The van der Waals surface area contributed by atoms with Crippen molar-refractivity contribution in [3.05, 3.63) is 58.0 Å². The molecule has 0 spiro atoms.